The molecular formula is C19H19FN4O2S. The second-order valence-corrected chi connectivity index (χ2v) is 6.92. The van der Waals surface area contributed by atoms with Gasteiger partial charge in [-0.1, -0.05) is 0 Å². The lowest BCUT2D eigenvalue weighted by Gasteiger charge is -2.29. The van der Waals surface area contributed by atoms with E-state index in [1.807, 2.05) is 25.1 Å². The first-order valence-corrected chi connectivity index (χ1v) is 9.08. The third-order valence-corrected chi connectivity index (χ3v) is 4.87. The number of fused-ring (bicyclic) bond motifs is 1. The summed E-state index contributed by atoms with van der Waals surface area (Å²) in [5, 5.41) is 2.87. The zero-order chi connectivity index (χ0) is 19.0. The molecule has 1 aromatic heterocycles. The lowest BCUT2D eigenvalue weighted by atomic mass is 10.1. The van der Waals surface area contributed by atoms with Gasteiger partial charge in [-0.2, -0.15) is 0 Å². The van der Waals surface area contributed by atoms with Crippen molar-refractivity contribution in [1.82, 2.24) is 9.97 Å². The standard InChI is InChI=1S/C19H19FN4O2S/c1-11-8-13(24-4-6-26-7-5-24)2-3-15(11)21-18(25)14-9-12(20)10-16-17(14)23-19(27)22-16/h2-3,8-10H,4-7H2,1H3,(H,21,25)(H2,22,23,27). The van der Waals surface area contributed by atoms with Crippen molar-refractivity contribution in [2.75, 3.05) is 36.5 Å². The fraction of sp³-hybridized carbons (Fsp3) is 0.263. The number of rotatable bonds is 3. The number of amides is 1. The largest absolute Gasteiger partial charge is 0.378 e. The van der Waals surface area contributed by atoms with Crippen LogP contribution >= 0.6 is 12.2 Å². The van der Waals surface area contributed by atoms with Crippen molar-refractivity contribution in [1.29, 1.82) is 0 Å². The minimum absolute atomic E-state index is 0.203. The maximum absolute atomic E-state index is 13.9. The number of hydrogen-bond donors (Lipinski definition) is 3. The molecule has 2 heterocycles. The summed E-state index contributed by atoms with van der Waals surface area (Å²) in [7, 11) is 0. The third kappa shape index (κ3) is 3.58. The molecule has 2 aromatic carbocycles. The molecule has 140 valence electrons. The summed E-state index contributed by atoms with van der Waals surface area (Å²) < 4.78 is 19.6. The number of benzene rings is 2. The van der Waals surface area contributed by atoms with E-state index in [-0.39, 0.29) is 5.56 Å². The number of H-pyrrole nitrogens is 2. The van der Waals surface area contributed by atoms with Crippen molar-refractivity contribution >= 4 is 40.5 Å². The predicted octanol–water partition coefficient (Wildman–Crippen LogP) is 3.76. The first-order chi connectivity index (χ1) is 13.0. The van der Waals surface area contributed by atoms with Crippen LogP contribution in [0.25, 0.3) is 11.0 Å². The summed E-state index contributed by atoms with van der Waals surface area (Å²) in [4.78, 5) is 20.7. The number of aryl methyl sites for hydroxylation is 1. The summed E-state index contributed by atoms with van der Waals surface area (Å²) in [5.41, 5.74) is 3.86. The predicted molar refractivity (Wildman–Crippen MR) is 106 cm³/mol. The Morgan fingerprint density at radius 1 is 1.22 bits per heavy atom. The molecule has 3 N–H and O–H groups in total. The second-order valence-electron chi connectivity index (χ2n) is 6.51. The van der Waals surface area contributed by atoms with Gasteiger partial charge in [0, 0.05) is 24.5 Å². The van der Waals surface area contributed by atoms with Crippen molar-refractivity contribution in [3.05, 3.63) is 52.0 Å². The fourth-order valence-electron chi connectivity index (χ4n) is 3.28. The van der Waals surface area contributed by atoms with E-state index in [1.54, 1.807) is 0 Å². The van der Waals surface area contributed by atoms with Crippen LogP contribution < -0.4 is 10.2 Å². The number of hydrogen-bond acceptors (Lipinski definition) is 4. The Labute approximate surface area is 160 Å². The van der Waals surface area contributed by atoms with Gasteiger partial charge in [0.2, 0.25) is 0 Å². The summed E-state index contributed by atoms with van der Waals surface area (Å²) in [6.45, 7) is 5.05. The van der Waals surface area contributed by atoms with Crippen LogP contribution in [0.1, 0.15) is 15.9 Å². The molecule has 0 aliphatic carbocycles. The van der Waals surface area contributed by atoms with E-state index < -0.39 is 11.7 Å². The van der Waals surface area contributed by atoms with Crippen LogP contribution in [0, 0.1) is 17.5 Å². The maximum Gasteiger partial charge on any atom is 0.257 e. The van der Waals surface area contributed by atoms with Gasteiger partial charge in [0.15, 0.2) is 4.77 Å². The lowest BCUT2D eigenvalue weighted by Crippen LogP contribution is -2.36. The van der Waals surface area contributed by atoms with E-state index in [0.29, 0.717) is 34.7 Å². The molecule has 0 bridgehead atoms. The van der Waals surface area contributed by atoms with Gasteiger partial charge in [-0.15, -0.1) is 0 Å². The number of nitrogens with one attached hydrogen (secondary N) is 3. The number of aromatic amines is 2. The van der Waals surface area contributed by atoms with E-state index in [4.69, 9.17) is 17.0 Å². The number of morpholine rings is 1. The van der Waals surface area contributed by atoms with Gasteiger partial charge in [0.25, 0.3) is 5.91 Å². The summed E-state index contributed by atoms with van der Waals surface area (Å²) >= 11 is 5.05. The zero-order valence-corrected chi connectivity index (χ0v) is 15.6. The smallest absolute Gasteiger partial charge is 0.257 e. The van der Waals surface area contributed by atoms with E-state index in [9.17, 15) is 9.18 Å². The van der Waals surface area contributed by atoms with Crippen molar-refractivity contribution in [3.63, 3.8) is 0 Å². The van der Waals surface area contributed by atoms with Crippen LogP contribution in [-0.4, -0.2) is 42.2 Å². The van der Waals surface area contributed by atoms with Crippen molar-refractivity contribution in [2.24, 2.45) is 0 Å². The van der Waals surface area contributed by atoms with Gasteiger partial charge in [0.1, 0.15) is 5.82 Å². The SMILES string of the molecule is Cc1cc(N2CCOCC2)ccc1NC(=O)c1cc(F)cc2[nH]c(=S)[nH]c12. The molecule has 0 spiro atoms. The molecule has 0 unspecified atom stereocenters. The molecular weight excluding hydrogens is 367 g/mol. The van der Waals surface area contributed by atoms with Gasteiger partial charge in [-0.25, -0.2) is 4.39 Å². The Hall–Kier alpha value is -2.71. The molecule has 8 heteroatoms. The second kappa shape index (κ2) is 7.13. The van der Waals surface area contributed by atoms with Crippen molar-refractivity contribution < 1.29 is 13.9 Å². The average Bonchev–Trinajstić information content (AvgIpc) is 3.03. The molecule has 1 aliphatic rings. The summed E-state index contributed by atoms with van der Waals surface area (Å²) in [6.07, 6.45) is 0. The van der Waals surface area contributed by atoms with Gasteiger partial charge < -0.3 is 24.9 Å². The quantitative estimate of drug-likeness (QED) is 0.599. The highest BCUT2D eigenvalue weighted by atomic mass is 32.1. The molecule has 3 aromatic rings. The third-order valence-electron chi connectivity index (χ3n) is 4.67. The minimum atomic E-state index is -0.503. The number of halogens is 1. The number of aromatic nitrogens is 2. The molecule has 1 fully saturated rings. The Kier molecular flexibility index (Phi) is 4.67. The van der Waals surface area contributed by atoms with E-state index in [1.165, 1.54) is 12.1 Å². The Morgan fingerprint density at radius 2 is 2.00 bits per heavy atom. The Balaban J connectivity index is 1.60. The van der Waals surface area contributed by atoms with Crippen LogP contribution in [0.4, 0.5) is 15.8 Å². The number of nitrogens with zero attached hydrogens (tertiary/aromatic N) is 1. The molecule has 6 nitrogen and oxygen atoms in total. The average molecular weight is 386 g/mol. The molecule has 27 heavy (non-hydrogen) atoms. The van der Waals surface area contributed by atoms with Gasteiger partial charge in [0.05, 0.1) is 29.8 Å². The summed E-state index contributed by atoms with van der Waals surface area (Å²) in [6, 6.07) is 8.38. The molecule has 1 aliphatic heterocycles. The van der Waals surface area contributed by atoms with Gasteiger partial charge in [-0.3, -0.25) is 4.79 Å². The van der Waals surface area contributed by atoms with Crippen molar-refractivity contribution in [3.8, 4) is 0 Å². The number of carbonyl (C=O) groups excluding carboxylic acids is 1. The first-order valence-electron chi connectivity index (χ1n) is 8.67. The van der Waals surface area contributed by atoms with Gasteiger partial charge >= 0.3 is 0 Å². The van der Waals surface area contributed by atoms with E-state index in [2.05, 4.69) is 20.2 Å². The fourth-order valence-corrected chi connectivity index (χ4v) is 3.49. The van der Waals surface area contributed by atoms with Crippen LogP contribution in [0.3, 0.4) is 0 Å². The molecule has 0 atom stereocenters. The molecule has 4 rings (SSSR count). The highest BCUT2D eigenvalue weighted by molar-refractivity contribution is 7.71. The van der Waals surface area contributed by atoms with Crippen LogP contribution in [0.15, 0.2) is 30.3 Å². The Morgan fingerprint density at radius 3 is 2.74 bits per heavy atom. The topological polar surface area (TPSA) is 73.2 Å². The highest BCUT2D eigenvalue weighted by Gasteiger charge is 2.16. The molecule has 1 amide bonds. The molecule has 0 saturated carbocycles. The maximum atomic E-state index is 13.9. The van der Waals surface area contributed by atoms with E-state index >= 15 is 0 Å². The normalized spacial score (nSPS) is 14.5. The first kappa shape index (κ1) is 17.7. The number of carbonyl (C=O) groups is 1. The minimum Gasteiger partial charge on any atom is -0.378 e. The lowest BCUT2D eigenvalue weighted by molar-refractivity contribution is 0.102. The monoisotopic (exact) mass is 386 g/mol. The van der Waals surface area contributed by atoms with E-state index in [0.717, 1.165) is 24.3 Å². The number of imidazole rings is 1. The molecule has 0 radical (unpaired) electrons. The van der Waals surface area contributed by atoms with Crippen LogP contribution in [-0.2, 0) is 4.74 Å². The number of ether oxygens (including phenoxy) is 1. The van der Waals surface area contributed by atoms with Crippen LogP contribution in [0.2, 0.25) is 0 Å². The molecule has 1 saturated heterocycles. The Bertz CT molecular complexity index is 1070. The van der Waals surface area contributed by atoms with Crippen LogP contribution in [0.5, 0.6) is 0 Å². The summed E-state index contributed by atoms with van der Waals surface area (Å²) in [5.74, 6) is -0.899. The number of anilines is 2. The highest BCUT2D eigenvalue weighted by Crippen LogP contribution is 2.25. The van der Waals surface area contributed by atoms with Crippen molar-refractivity contribution in [2.45, 2.75) is 6.92 Å². The van der Waals surface area contributed by atoms with Gasteiger partial charge in [-0.05, 0) is 55.0 Å². The zero-order valence-electron chi connectivity index (χ0n) is 14.8.